The van der Waals surface area contributed by atoms with Crippen molar-refractivity contribution in [3.8, 4) is 5.75 Å². The lowest BCUT2D eigenvalue weighted by atomic mass is 10.0. The highest BCUT2D eigenvalue weighted by atomic mass is 19.3. The average molecular weight is 310 g/mol. The van der Waals surface area contributed by atoms with E-state index in [0.29, 0.717) is 10.9 Å². The fourth-order valence-electron chi connectivity index (χ4n) is 2.26. The molecular weight excluding hydrogens is 290 g/mol. The summed E-state index contributed by atoms with van der Waals surface area (Å²) in [6, 6.07) is 6.35. The Hall–Kier alpha value is -1.95. The van der Waals surface area contributed by atoms with Crippen LogP contribution in [0.1, 0.15) is 19.5 Å². The quantitative estimate of drug-likeness (QED) is 0.856. The van der Waals surface area contributed by atoms with Gasteiger partial charge in [0.2, 0.25) is 0 Å². The van der Waals surface area contributed by atoms with Crippen molar-refractivity contribution in [3.05, 3.63) is 30.0 Å². The van der Waals surface area contributed by atoms with E-state index < -0.39 is 6.61 Å². The summed E-state index contributed by atoms with van der Waals surface area (Å²) in [5, 5.41) is 13.4. The molecule has 0 saturated heterocycles. The number of nitrogens with zero attached hydrogens (tertiary/aromatic N) is 1. The summed E-state index contributed by atoms with van der Waals surface area (Å²) in [7, 11) is 0. The Bertz CT molecular complexity index is 647. The largest absolute Gasteiger partial charge is 0.435 e. The molecule has 0 saturated carbocycles. The highest BCUT2D eigenvalue weighted by Gasteiger charge is 2.15. The van der Waals surface area contributed by atoms with E-state index >= 15 is 0 Å². The number of pyridine rings is 1. The van der Waals surface area contributed by atoms with Gasteiger partial charge in [0.25, 0.3) is 0 Å². The first-order valence-electron chi connectivity index (χ1n) is 7.14. The zero-order valence-corrected chi connectivity index (χ0v) is 12.8. The van der Waals surface area contributed by atoms with Crippen molar-refractivity contribution in [1.82, 2.24) is 4.98 Å². The first-order valence-corrected chi connectivity index (χ1v) is 7.14. The van der Waals surface area contributed by atoms with Gasteiger partial charge in [-0.3, -0.25) is 4.98 Å². The molecule has 1 aromatic carbocycles. The summed E-state index contributed by atoms with van der Waals surface area (Å²) >= 11 is 0. The van der Waals surface area contributed by atoms with E-state index in [2.05, 4.69) is 15.0 Å². The third kappa shape index (κ3) is 3.82. The Morgan fingerprint density at radius 1 is 1.27 bits per heavy atom. The van der Waals surface area contributed by atoms with E-state index in [4.69, 9.17) is 0 Å². The van der Waals surface area contributed by atoms with E-state index in [0.717, 1.165) is 11.4 Å². The van der Waals surface area contributed by atoms with Crippen LogP contribution in [0.3, 0.4) is 0 Å². The lowest BCUT2D eigenvalue weighted by Gasteiger charge is -2.22. The Kier molecular flexibility index (Phi) is 5.13. The van der Waals surface area contributed by atoms with Gasteiger partial charge in [0.15, 0.2) is 0 Å². The van der Waals surface area contributed by atoms with E-state index in [1.807, 2.05) is 26.8 Å². The minimum atomic E-state index is -2.87. The first-order chi connectivity index (χ1) is 10.4. The molecule has 0 aliphatic carbocycles. The van der Waals surface area contributed by atoms with E-state index in [1.54, 1.807) is 6.07 Å². The number of nitrogens with one attached hydrogen (secondary N) is 1. The predicted octanol–water partition coefficient (Wildman–Crippen LogP) is 3.57. The number of halogens is 2. The standard InChI is InChI=1S/C16H20F2N2O2/c1-9(2)15(8-21)20-14-6-10(3)19-13-5-4-11(7-12(13)14)22-16(17)18/h4-7,9,15-16,21H,8H2,1-3H3,(H,19,20)/t15-/m0/s1. The second-order valence-corrected chi connectivity index (χ2v) is 5.55. The van der Waals surface area contributed by atoms with Crippen LogP contribution in [0.15, 0.2) is 24.3 Å². The number of alkyl halides is 2. The fraction of sp³-hybridized carbons (Fsp3) is 0.438. The van der Waals surface area contributed by atoms with E-state index in [-0.39, 0.29) is 24.3 Å². The molecule has 1 aromatic heterocycles. The van der Waals surface area contributed by atoms with Gasteiger partial charge in [-0.05, 0) is 37.1 Å². The molecule has 22 heavy (non-hydrogen) atoms. The number of ether oxygens (including phenoxy) is 1. The molecule has 0 spiro atoms. The van der Waals surface area contributed by atoms with Crippen molar-refractivity contribution in [3.63, 3.8) is 0 Å². The number of aliphatic hydroxyl groups excluding tert-OH is 1. The number of hydrogen-bond donors (Lipinski definition) is 2. The molecular formula is C16H20F2N2O2. The molecule has 0 aliphatic rings. The molecule has 2 N–H and O–H groups in total. The monoisotopic (exact) mass is 310 g/mol. The smallest absolute Gasteiger partial charge is 0.387 e. The second-order valence-electron chi connectivity index (χ2n) is 5.55. The summed E-state index contributed by atoms with van der Waals surface area (Å²) in [5.74, 6) is 0.301. The summed E-state index contributed by atoms with van der Waals surface area (Å²) in [4.78, 5) is 4.39. The van der Waals surface area contributed by atoms with Gasteiger partial charge >= 0.3 is 6.61 Å². The fourth-order valence-corrected chi connectivity index (χ4v) is 2.26. The van der Waals surface area contributed by atoms with Crippen LogP contribution in [0.2, 0.25) is 0 Å². The maximum absolute atomic E-state index is 12.4. The highest BCUT2D eigenvalue weighted by molar-refractivity contribution is 5.92. The Balaban J connectivity index is 2.46. The Morgan fingerprint density at radius 2 is 2.00 bits per heavy atom. The SMILES string of the molecule is Cc1cc(N[C@@H](CO)C(C)C)c2cc(OC(F)F)ccc2n1. The molecule has 0 bridgehead atoms. The third-order valence-corrected chi connectivity index (χ3v) is 3.48. The Morgan fingerprint density at radius 3 is 2.59 bits per heavy atom. The van der Waals surface area contributed by atoms with Crippen molar-refractivity contribution >= 4 is 16.6 Å². The van der Waals surface area contributed by atoms with E-state index in [9.17, 15) is 13.9 Å². The summed E-state index contributed by atoms with van der Waals surface area (Å²) in [6.45, 7) is 2.96. The van der Waals surface area contributed by atoms with E-state index in [1.165, 1.54) is 12.1 Å². The van der Waals surface area contributed by atoms with Gasteiger partial charge in [0, 0.05) is 16.8 Å². The van der Waals surface area contributed by atoms with Crippen LogP contribution in [-0.4, -0.2) is 29.4 Å². The van der Waals surface area contributed by atoms with Gasteiger partial charge in [-0.2, -0.15) is 8.78 Å². The van der Waals surface area contributed by atoms with Crippen LogP contribution in [0.4, 0.5) is 14.5 Å². The van der Waals surface area contributed by atoms with Crippen LogP contribution < -0.4 is 10.1 Å². The van der Waals surface area contributed by atoms with Gasteiger partial charge in [-0.25, -0.2) is 0 Å². The van der Waals surface area contributed by atoms with Gasteiger partial charge in [-0.1, -0.05) is 13.8 Å². The molecule has 1 atom stereocenters. The molecule has 6 heteroatoms. The zero-order valence-electron chi connectivity index (χ0n) is 12.8. The van der Waals surface area contributed by atoms with Gasteiger partial charge in [-0.15, -0.1) is 0 Å². The lowest BCUT2D eigenvalue weighted by molar-refractivity contribution is -0.0497. The Labute approximate surface area is 128 Å². The molecule has 0 aliphatic heterocycles. The lowest BCUT2D eigenvalue weighted by Crippen LogP contribution is -2.29. The predicted molar refractivity (Wildman–Crippen MR) is 82.4 cm³/mol. The molecule has 120 valence electrons. The van der Waals surface area contributed by atoms with Crippen LogP contribution in [0.5, 0.6) is 5.75 Å². The summed E-state index contributed by atoms with van der Waals surface area (Å²) in [6.07, 6.45) is 0. The van der Waals surface area contributed by atoms with Crippen molar-refractivity contribution in [2.75, 3.05) is 11.9 Å². The highest BCUT2D eigenvalue weighted by Crippen LogP contribution is 2.29. The van der Waals surface area contributed by atoms with Crippen LogP contribution >= 0.6 is 0 Å². The second kappa shape index (κ2) is 6.87. The maximum Gasteiger partial charge on any atom is 0.387 e. The van der Waals surface area contributed by atoms with Crippen LogP contribution in [-0.2, 0) is 0 Å². The normalized spacial score (nSPS) is 12.9. The number of hydrogen-bond acceptors (Lipinski definition) is 4. The topological polar surface area (TPSA) is 54.4 Å². The number of fused-ring (bicyclic) bond motifs is 1. The van der Waals surface area contributed by atoms with Crippen molar-refractivity contribution < 1.29 is 18.6 Å². The minimum absolute atomic E-state index is 0.0201. The number of aryl methyl sites for hydroxylation is 1. The summed E-state index contributed by atoms with van der Waals surface area (Å²) in [5.41, 5.74) is 2.23. The van der Waals surface area contributed by atoms with Gasteiger partial charge in [0.1, 0.15) is 5.75 Å². The number of aliphatic hydroxyl groups is 1. The summed E-state index contributed by atoms with van der Waals surface area (Å²) < 4.78 is 29.2. The number of aromatic nitrogens is 1. The molecule has 0 unspecified atom stereocenters. The molecule has 0 radical (unpaired) electrons. The number of benzene rings is 1. The number of anilines is 1. The first kappa shape index (κ1) is 16.4. The molecule has 0 amide bonds. The van der Waals surface area contributed by atoms with Crippen molar-refractivity contribution in [2.24, 2.45) is 5.92 Å². The molecule has 2 aromatic rings. The van der Waals surface area contributed by atoms with Crippen LogP contribution in [0.25, 0.3) is 10.9 Å². The zero-order chi connectivity index (χ0) is 16.3. The maximum atomic E-state index is 12.4. The molecule has 1 heterocycles. The van der Waals surface area contributed by atoms with Gasteiger partial charge in [0.05, 0.1) is 18.2 Å². The van der Waals surface area contributed by atoms with Crippen LogP contribution in [0, 0.1) is 12.8 Å². The van der Waals surface area contributed by atoms with Gasteiger partial charge < -0.3 is 15.2 Å². The minimum Gasteiger partial charge on any atom is -0.435 e. The molecule has 4 nitrogen and oxygen atoms in total. The van der Waals surface area contributed by atoms with Crippen molar-refractivity contribution in [1.29, 1.82) is 0 Å². The van der Waals surface area contributed by atoms with Crippen molar-refractivity contribution in [2.45, 2.75) is 33.4 Å². The number of rotatable bonds is 6. The average Bonchev–Trinajstić information content (AvgIpc) is 2.43. The molecule has 2 rings (SSSR count). The third-order valence-electron chi connectivity index (χ3n) is 3.48. The molecule has 0 fully saturated rings.